The number of aliphatic hydroxyl groups is 5. The van der Waals surface area contributed by atoms with E-state index in [1.165, 1.54) is 12.8 Å². The number of carbonyl (C=O) groups is 2. The Hall–Kier alpha value is -1.41. The predicted octanol–water partition coefficient (Wildman–Crippen LogP) is 2.82. The van der Waals surface area contributed by atoms with Crippen LogP contribution < -0.4 is 0 Å². The highest BCUT2D eigenvalue weighted by atomic mass is 31.2. The molecular formula is C29H53O13P. The second kappa shape index (κ2) is 22.2. The largest absolute Gasteiger partial charge is 0.472 e. The van der Waals surface area contributed by atoms with Gasteiger partial charge in [0.15, 0.2) is 6.10 Å². The van der Waals surface area contributed by atoms with E-state index in [0.717, 1.165) is 51.4 Å². The summed E-state index contributed by atoms with van der Waals surface area (Å²) >= 11 is 0. The molecule has 0 radical (unpaired) electrons. The smallest absolute Gasteiger partial charge is 0.462 e. The molecule has 0 aliphatic heterocycles. The van der Waals surface area contributed by atoms with Crippen molar-refractivity contribution in [3.63, 3.8) is 0 Å². The zero-order valence-electron chi connectivity index (χ0n) is 25.5. The van der Waals surface area contributed by atoms with Crippen LogP contribution in [0.3, 0.4) is 0 Å². The van der Waals surface area contributed by atoms with Gasteiger partial charge in [-0.3, -0.25) is 18.6 Å². The van der Waals surface area contributed by atoms with Gasteiger partial charge in [0.05, 0.1) is 6.61 Å². The molecule has 0 aromatic carbocycles. The van der Waals surface area contributed by atoms with Gasteiger partial charge in [0, 0.05) is 12.8 Å². The molecular weight excluding hydrogens is 587 g/mol. The third-order valence-electron chi connectivity index (χ3n) is 7.11. The van der Waals surface area contributed by atoms with Gasteiger partial charge in [-0.2, -0.15) is 0 Å². The third kappa shape index (κ3) is 16.5. The van der Waals surface area contributed by atoms with Gasteiger partial charge in [-0.05, 0) is 32.1 Å². The van der Waals surface area contributed by atoms with E-state index in [2.05, 4.69) is 19.1 Å². The minimum atomic E-state index is -5.08. The summed E-state index contributed by atoms with van der Waals surface area (Å²) in [5, 5.41) is 49.5. The number of hydrogen-bond acceptors (Lipinski definition) is 12. The minimum Gasteiger partial charge on any atom is -0.462 e. The molecule has 1 aliphatic rings. The van der Waals surface area contributed by atoms with Gasteiger partial charge in [-0.15, -0.1) is 0 Å². The summed E-state index contributed by atoms with van der Waals surface area (Å²) in [6.07, 6.45) is 2.83. The molecule has 1 saturated carbocycles. The maximum atomic E-state index is 12.6. The number of carbonyl (C=O) groups excluding carboxylic acids is 2. The standard InChI is InChI=1S/C29H53O13P/c1-3-5-7-8-9-10-11-12-13-14-16-18-23(31)41-21(19-39-22(30)17-15-6-4-2)20-40-43(37,38)42-29-27(35)25(33)24(32)26(34)28(29)36/h8-9,21,24-29,32-36H,3-7,10-20H2,1-2H3,(H,37,38)/b9-8-. The second-order valence-corrected chi connectivity index (χ2v) is 12.4. The van der Waals surface area contributed by atoms with Crippen LogP contribution >= 0.6 is 7.82 Å². The molecule has 14 heteroatoms. The first-order chi connectivity index (χ1) is 20.4. The molecule has 0 spiro atoms. The molecule has 43 heavy (non-hydrogen) atoms. The van der Waals surface area contributed by atoms with Crippen molar-refractivity contribution >= 4 is 19.8 Å². The molecule has 0 heterocycles. The molecule has 0 aromatic rings. The number of phosphoric acid groups is 1. The number of rotatable bonds is 23. The minimum absolute atomic E-state index is 0.0870. The van der Waals surface area contributed by atoms with Crippen molar-refractivity contribution in [2.75, 3.05) is 13.2 Å². The first-order valence-electron chi connectivity index (χ1n) is 15.5. The maximum Gasteiger partial charge on any atom is 0.472 e. The zero-order valence-corrected chi connectivity index (χ0v) is 26.4. The Morgan fingerprint density at radius 3 is 1.84 bits per heavy atom. The molecule has 6 N–H and O–H groups in total. The number of aliphatic hydroxyl groups excluding tert-OH is 5. The molecule has 1 rings (SSSR count). The molecule has 0 amide bonds. The molecule has 1 fully saturated rings. The summed E-state index contributed by atoms with van der Waals surface area (Å²) in [5.74, 6) is -1.14. The van der Waals surface area contributed by atoms with Crippen LogP contribution in [-0.4, -0.2) is 98.3 Å². The first-order valence-corrected chi connectivity index (χ1v) is 17.0. The summed E-state index contributed by atoms with van der Waals surface area (Å²) in [7, 11) is -5.08. The second-order valence-electron chi connectivity index (χ2n) is 11.0. The number of phosphoric ester groups is 1. The van der Waals surface area contributed by atoms with Gasteiger partial charge in [-0.1, -0.05) is 70.9 Å². The molecule has 13 nitrogen and oxygen atoms in total. The summed E-state index contributed by atoms with van der Waals surface area (Å²) < 4.78 is 32.8. The van der Waals surface area contributed by atoms with Crippen molar-refractivity contribution in [3.8, 4) is 0 Å². The van der Waals surface area contributed by atoms with E-state index in [9.17, 15) is 44.6 Å². The summed E-state index contributed by atoms with van der Waals surface area (Å²) in [6.45, 7) is 2.97. The van der Waals surface area contributed by atoms with Crippen LogP contribution in [0.25, 0.3) is 0 Å². The first kappa shape index (κ1) is 39.6. The van der Waals surface area contributed by atoms with Gasteiger partial charge >= 0.3 is 19.8 Å². The van der Waals surface area contributed by atoms with Crippen LogP contribution in [0.5, 0.6) is 0 Å². The van der Waals surface area contributed by atoms with E-state index >= 15 is 0 Å². The van der Waals surface area contributed by atoms with Crippen LogP contribution in [0.15, 0.2) is 12.2 Å². The lowest BCUT2D eigenvalue weighted by atomic mass is 9.85. The average Bonchev–Trinajstić information content (AvgIpc) is 2.97. The Labute approximate surface area is 254 Å². The van der Waals surface area contributed by atoms with Crippen molar-refractivity contribution in [2.45, 2.75) is 146 Å². The Bertz CT molecular complexity index is 838. The van der Waals surface area contributed by atoms with Crippen molar-refractivity contribution in [1.29, 1.82) is 0 Å². The highest BCUT2D eigenvalue weighted by Crippen LogP contribution is 2.47. The highest BCUT2D eigenvalue weighted by Gasteiger charge is 2.51. The van der Waals surface area contributed by atoms with Crippen LogP contribution in [0.2, 0.25) is 0 Å². The number of ether oxygens (including phenoxy) is 2. The fraction of sp³-hybridized carbons (Fsp3) is 0.862. The molecule has 0 aromatic heterocycles. The normalized spacial score (nSPS) is 26.2. The quantitative estimate of drug-likeness (QED) is 0.0411. The van der Waals surface area contributed by atoms with Crippen LogP contribution in [0, 0.1) is 0 Å². The van der Waals surface area contributed by atoms with Gasteiger partial charge in [0.25, 0.3) is 0 Å². The summed E-state index contributed by atoms with van der Waals surface area (Å²) in [6, 6.07) is 0. The number of unbranched alkanes of at least 4 members (excludes halogenated alkanes) is 9. The maximum absolute atomic E-state index is 12.6. The highest BCUT2D eigenvalue weighted by molar-refractivity contribution is 7.47. The Balaban J connectivity index is 2.59. The molecule has 252 valence electrons. The monoisotopic (exact) mass is 640 g/mol. The summed E-state index contributed by atoms with van der Waals surface area (Å²) in [4.78, 5) is 34.7. The van der Waals surface area contributed by atoms with Crippen molar-refractivity contribution in [2.24, 2.45) is 0 Å². The molecule has 0 saturated heterocycles. The zero-order chi connectivity index (χ0) is 32.3. The van der Waals surface area contributed by atoms with E-state index < -0.39 is 75.7 Å². The Morgan fingerprint density at radius 1 is 0.698 bits per heavy atom. The summed E-state index contributed by atoms with van der Waals surface area (Å²) in [5.41, 5.74) is 0. The van der Waals surface area contributed by atoms with Crippen LogP contribution in [-0.2, 0) is 32.7 Å². The van der Waals surface area contributed by atoms with E-state index in [1.807, 2.05) is 6.92 Å². The lowest BCUT2D eigenvalue weighted by Gasteiger charge is -2.41. The lowest BCUT2D eigenvalue weighted by molar-refractivity contribution is -0.220. The van der Waals surface area contributed by atoms with E-state index in [1.54, 1.807) is 0 Å². The van der Waals surface area contributed by atoms with Crippen molar-refractivity contribution < 1.29 is 63.1 Å². The third-order valence-corrected chi connectivity index (χ3v) is 8.09. The Kier molecular flexibility index (Phi) is 20.4. The Morgan fingerprint density at radius 2 is 1.21 bits per heavy atom. The van der Waals surface area contributed by atoms with Gasteiger partial charge < -0.3 is 39.9 Å². The van der Waals surface area contributed by atoms with Gasteiger partial charge in [-0.25, -0.2) is 4.57 Å². The predicted molar refractivity (Wildman–Crippen MR) is 157 cm³/mol. The molecule has 6 atom stereocenters. The SMILES string of the molecule is CCCC/C=C\CCCCCCCC(=O)OC(COC(=O)CCCCC)COP(=O)(O)OC1C(O)C(O)C(O)C(O)C1O. The van der Waals surface area contributed by atoms with Crippen LogP contribution in [0.1, 0.15) is 104 Å². The number of hydrogen-bond donors (Lipinski definition) is 6. The fourth-order valence-corrected chi connectivity index (χ4v) is 5.41. The van der Waals surface area contributed by atoms with Gasteiger partial charge in [0.1, 0.15) is 43.2 Å². The van der Waals surface area contributed by atoms with E-state index in [0.29, 0.717) is 12.8 Å². The average molecular weight is 641 g/mol. The fourth-order valence-electron chi connectivity index (χ4n) is 4.44. The number of allylic oxidation sites excluding steroid dienone is 2. The van der Waals surface area contributed by atoms with Gasteiger partial charge in [0.2, 0.25) is 0 Å². The number of esters is 2. The van der Waals surface area contributed by atoms with Crippen molar-refractivity contribution in [1.82, 2.24) is 0 Å². The lowest BCUT2D eigenvalue weighted by Crippen LogP contribution is -2.64. The van der Waals surface area contributed by atoms with Crippen LogP contribution in [0.4, 0.5) is 0 Å². The molecule has 0 bridgehead atoms. The molecule has 1 aliphatic carbocycles. The topological polar surface area (TPSA) is 210 Å². The van der Waals surface area contributed by atoms with Crippen molar-refractivity contribution in [3.05, 3.63) is 12.2 Å². The van der Waals surface area contributed by atoms with E-state index in [-0.39, 0.29) is 12.8 Å². The van der Waals surface area contributed by atoms with E-state index in [4.69, 9.17) is 18.5 Å². The molecule has 6 unspecified atom stereocenters.